The lowest BCUT2D eigenvalue weighted by Crippen LogP contribution is -2.61. The van der Waals surface area contributed by atoms with Crippen molar-refractivity contribution in [3.63, 3.8) is 0 Å². The van der Waals surface area contributed by atoms with E-state index in [1.807, 2.05) is 0 Å². The van der Waals surface area contributed by atoms with Gasteiger partial charge in [-0.25, -0.2) is 0 Å². The third kappa shape index (κ3) is 29.2. The number of carbonyl (C=O) groups excluding carboxylic acids is 2. The molecule has 0 amide bonds. The monoisotopic (exact) mass is 997 g/mol. The summed E-state index contributed by atoms with van der Waals surface area (Å²) in [5.41, 5.74) is 0. The highest BCUT2D eigenvalue weighted by molar-refractivity contribution is 5.70. The van der Waals surface area contributed by atoms with E-state index < -0.39 is 92.7 Å². The summed E-state index contributed by atoms with van der Waals surface area (Å²) in [4.78, 5) is 25.8. The minimum Gasteiger partial charge on any atom is -0.462 e. The number of allylic oxidation sites excluding steroid dienone is 8. The molecule has 11 unspecified atom stereocenters. The van der Waals surface area contributed by atoms with Gasteiger partial charge in [0.1, 0.15) is 55.4 Å². The first-order valence-corrected chi connectivity index (χ1v) is 27.2. The summed E-state index contributed by atoms with van der Waals surface area (Å²) in [5, 5.41) is 72.2. The van der Waals surface area contributed by atoms with E-state index in [9.17, 15) is 45.3 Å². The van der Waals surface area contributed by atoms with E-state index in [2.05, 4.69) is 62.5 Å². The molecule has 0 aromatic carbocycles. The third-order valence-corrected chi connectivity index (χ3v) is 12.8. The quantitative estimate of drug-likeness (QED) is 0.0173. The van der Waals surface area contributed by atoms with Crippen molar-refractivity contribution in [2.45, 2.75) is 261 Å². The van der Waals surface area contributed by atoms with Crippen molar-refractivity contribution >= 4 is 11.9 Å². The van der Waals surface area contributed by atoms with Crippen LogP contribution in [-0.4, -0.2) is 142 Å². The molecule has 2 saturated heterocycles. The molecule has 0 saturated carbocycles. The van der Waals surface area contributed by atoms with Gasteiger partial charge < -0.3 is 64.2 Å². The third-order valence-electron chi connectivity index (χ3n) is 12.8. The molecule has 0 radical (unpaired) electrons. The molecule has 15 nitrogen and oxygen atoms in total. The Morgan fingerprint density at radius 2 is 0.900 bits per heavy atom. The van der Waals surface area contributed by atoms with Gasteiger partial charge in [-0.1, -0.05) is 159 Å². The molecular formula is C55H96O15. The second-order valence-corrected chi connectivity index (χ2v) is 19.0. The van der Waals surface area contributed by atoms with E-state index in [1.165, 1.54) is 83.5 Å². The van der Waals surface area contributed by atoms with E-state index in [1.54, 1.807) is 0 Å². The van der Waals surface area contributed by atoms with Gasteiger partial charge >= 0.3 is 11.9 Å². The lowest BCUT2D eigenvalue weighted by molar-refractivity contribution is -0.332. The number of hydrogen-bond acceptors (Lipinski definition) is 15. The van der Waals surface area contributed by atoms with E-state index in [-0.39, 0.29) is 26.1 Å². The average molecular weight is 997 g/mol. The molecular weight excluding hydrogens is 901 g/mol. The molecule has 15 heteroatoms. The van der Waals surface area contributed by atoms with Crippen molar-refractivity contribution in [1.82, 2.24) is 0 Å². The maximum Gasteiger partial charge on any atom is 0.306 e. The van der Waals surface area contributed by atoms with E-state index in [0.29, 0.717) is 12.8 Å². The Balaban J connectivity index is 1.78. The topological polar surface area (TPSA) is 231 Å². The molecule has 2 heterocycles. The van der Waals surface area contributed by atoms with Gasteiger partial charge in [-0.15, -0.1) is 0 Å². The fraction of sp³-hybridized carbons (Fsp3) is 0.818. The first-order chi connectivity index (χ1) is 34.0. The van der Waals surface area contributed by atoms with Crippen molar-refractivity contribution in [3.05, 3.63) is 48.6 Å². The van der Waals surface area contributed by atoms with E-state index in [0.717, 1.165) is 70.6 Å². The minimum atomic E-state index is -1.77. The molecule has 2 rings (SSSR count). The number of esters is 2. The normalized spacial score (nSPS) is 25.7. The van der Waals surface area contributed by atoms with Crippen molar-refractivity contribution < 1.29 is 73.8 Å². The van der Waals surface area contributed by atoms with Gasteiger partial charge in [-0.3, -0.25) is 9.59 Å². The van der Waals surface area contributed by atoms with Crippen molar-refractivity contribution in [3.8, 4) is 0 Å². The Bertz CT molecular complexity index is 1400. The Labute approximate surface area is 420 Å². The highest BCUT2D eigenvalue weighted by Gasteiger charge is 2.47. The fourth-order valence-corrected chi connectivity index (χ4v) is 8.34. The molecule has 0 bridgehead atoms. The largest absolute Gasteiger partial charge is 0.462 e. The molecule has 0 aromatic heterocycles. The number of aliphatic hydroxyl groups is 7. The van der Waals surface area contributed by atoms with Crippen LogP contribution < -0.4 is 0 Å². The van der Waals surface area contributed by atoms with Gasteiger partial charge in [0, 0.05) is 12.8 Å². The summed E-state index contributed by atoms with van der Waals surface area (Å²) in [5.74, 6) is -0.945. The van der Waals surface area contributed by atoms with Crippen molar-refractivity contribution in [2.24, 2.45) is 0 Å². The molecule has 0 spiro atoms. The molecule has 2 fully saturated rings. The predicted octanol–water partition coefficient (Wildman–Crippen LogP) is 8.27. The maximum atomic E-state index is 13.0. The minimum absolute atomic E-state index is 0.144. The number of unbranched alkanes of at least 4 members (excludes halogenated alkanes) is 20. The zero-order chi connectivity index (χ0) is 51.0. The zero-order valence-electron chi connectivity index (χ0n) is 43.0. The van der Waals surface area contributed by atoms with E-state index in [4.69, 9.17) is 28.4 Å². The van der Waals surface area contributed by atoms with Crippen LogP contribution in [0, 0.1) is 0 Å². The van der Waals surface area contributed by atoms with Crippen LogP contribution >= 0.6 is 0 Å². The number of carbonyl (C=O) groups is 2. The molecule has 0 aromatic rings. The fourth-order valence-electron chi connectivity index (χ4n) is 8.34. The van der Waals surface area contributed by atoms with Crippen LogP contribution in [0.15, 0.2) is 48.6 Å². The van der Waals surface area contributed by atoms with Gasteiger partial charge in [-0.05, 0) is 70.6 Å². The molecule has 7 N–H and O–H groups in total. The summed E-state index contributed by atoms with van der Waals surface area (Å²) in [6.07, 6.45) is 29.9. The van der Waals surface area contributed by atoms with Gasteiger partial charge in [0.05, 0.1) is 19.8 Å². The highest BCUT2D eigenvalue weighted by Crippen LogP contribution is 2.26. The van der Waals surface area contributed by atoms with Crippen molar-refractivity contribution in [1.29, 1.82) is 0 Å². The van der Waals surface area contributed by atoms with Gasteiger partial charge in [-0.2, -0.15) is 0 Å². The second-order valence-electron chi connectivity index (χ2n) is 19.0. The second kappa shape index (κ2) is 41.9. The molecule has 11 atom stereocenters. The highest BCUT2D eigenvalue weighted by atomic mass is 16.7. The molecule has 406 valence electrons. The van der Waals surface area contributed by atoms with E-state index >= 15 is 0 Å². The zero-order valence-corrected chi connectivity index (χ0v) is 43.0. The predicted molar refractivity (Wildman–Crippen MR) is 270 cm³/mol. The molecule has 70 heavy (non-hydrogen) atoms. The molecule has 2 aliphatic rings. The van der Waals surface area contributed by atoms with Gasteiger partial charge in [0.2, 0.25) is 0 Å². The lowest BCUT2D eigenvalue weighted by Gasteiger charge is -2.42. The first-order valence-electron chi connectivity index (χ1n) is 27.2. The Morgan fingerprint density at radius 1 is 0.471 bits per heavy atom. The number of aliphatic hydroxyl groups excluding tert-OH is 7. The van der Waals surface area contributed by atoms with Gasteiger partial charge in [0.25, 0.3) is 0 Å². The summed E-state index contributed by atoms with van der Waals surface area (Å²) < 4.78 is 33.6. The van der Waals surface area contributed by atoms with Crippen LogP contribution in [0.1, 0.15) is 194 Å². The molecule has 0 aliphatic carbocycles. The van der Waals surface area contributed by atoms with Crippen LogP contribution in [0.4, 0.5) is 0 Å². The smallest absolute Gasteiger partial charge is 0.306 e. The Morgan fingerprint density at radius 3 is 1.43 bits per heavy atom. The van der Waals surface area contributed by atoms with Crippen molar-refractivity contribution in [2.75, 3.05) is 26.4 Å². The van der Waals surface area contributed by atoms with Crippen LogP contribution in [-0.2, 0) is 38.0 Å². The number of rotatable bonds is 42. The Kier molecular flexibility index (Phi) is 38.0. The average Bonchev–Trinajstić information content (AvgIpc) is 3.35. The van der Waals surface area contributed by atoms with Crippen LogP contribution in [0.3, 0.4) is 0 Å². The lowest BCUT2D eigenvalue weighted by atomic mass is 9.98. The number of hydrogen-bond donors (Lipinski definition) is 7. The summed E-state index contributed by atoms with van der Waals surface area (Å²) in [7, 11) is 0. The van der Waals surface area contributed by atoms with Gasteiger partial charge in [0.15, 0.2) is 18.7 Å². The maximum absolute atomic E-state index is 13.0. The summed E-state index contributed by atoms with van der Waals surface area (Å²) in [6, 6.07) is 0. The SMILES string of the molecule is CC/C=C\C/C=C\C/C=C\CCCCCCCC(=O)OC(COC(=O)CCCCCCCCCCC/C=C\CCCCCCCC)COC1OC(COC2OC(CO)C(O)C(O)C2O)C(O)C(O)C1O. The summed E-state index contributed by atoms with van der Waals surface area (Å²) >= 11 is 0. The summed E-state index contributed by atoms with van der Waals surface area (Å²) in [6.45, 7) is 2.46. The molecule has 2 aliphatic heterocycles. The van der Waals surface area contributed by atoms with Crippen LogP contribution in [0.5, 0.6) is 0 Å². The van der Waals surface area contributed by atoms with Crippen LogP contribution in [0.25, 0.3) is 0 Å². The first kappa shape index (κ1) is 63.6. The number of ether oxygens (including phenoxy) is 6. The Hall–Kier alpha value is -2.54. The standard InChI is InChI=1S/C55H96O15/c1-3-5-7-9-11-13-15-17-19-20-21-22-24-25-27-29-31-33-35-37-46(57)65-40-43(68-47(58)38-36-34-32-30-28-26-23-18-16-14-12-10-8-6-4-2)41-66-54-53(64)51(62)49(60)45(70-54)42-67-55-52(63)50(61)48(59)44(39-56)69-55/h6,8,12,14,17-19,23,43-45,48-56,59-64H,3-5,7,9-11,13,15-16,20-22,24-42H2,1-2H3/b8-6-,14-12-,19-17-,23-18-. The van der Waals surface area contributed by atoms with Crippen LogP contribution in [0.2, 0.25) is 0 Å².